The van der Waals surface area contributed by atoms with Crippen LogP contribution < -0.4 is 5.32 Å². The molecular formula is C26H32FNO4. The van der Waals surface area contributed by atoms with Crippen LogP contribution in [0.1, 0.15) is 62.5 Å². The molecule has 1 fully saturated rings. The number of benzene rings is 2. The second kappa shape index (κ2) is 12.2. The molecule has 172 valence electrons. The SMILES string of the molecule is CCOC(=O)CCCC1CC[C@@H](NC(=O)OCc2ccccc2)[C@H](c2cccc(F)c2)C1. The number of hydrogen-bond acceptors (Lipinski definition) is 4. The van der Waals surface area contributed by atoms with Crippen LogP contribution in [0.15, 0.2) is 54.6 Å². The van der Waals surface area contributed by atoms with E-state index >= 15 is 0 Å². The van der Waals surface area contributed by atoms with Crippen molar-refractivity contribution in [2.75, 3.05) is 6.61 Å². The first-order valence-electron chi connectivity index (χ1n) is 11.4. The van der Waals surface area contributed by atoms with E-state index in [0.29, 0.717) is 18.9 Å². The molecule has 1 aliphatic carbocycles. The van der Waals surface area contributed by atoms with E-state index in [1.165, 1.54) is 6.07 Å². The average molecular weight is 442 g/mol. The number of carbonyl (C=O) groups is 2. The molecule has 0 aromatic heterocycles. The van der Waals surface area contributed by atoms with Crippen LogP contribution in [0.25, 0.3) is 0 Å². The second-order valence-electron chi connectivity index (χ2n) is 8.35. The normalized spacial score (nSPS) is 20.4. The van der Waals surface area contributed by atoms with E-state index in [0.717, 1.165) is 43.2 Å². The average Bonchev–Trinajstić information content (AvgIpc) is 2.79. The van der Waals surface area contributed by atoms with Gasteiger partial charge in [-0.15, -0.1) is 0 Å². The van der Waals surface area contributed by atoms with Gasteiger partial charge in [-0.3, -0.25) is 4.79 Å². The van der Waals surface area contributed by atoms with Crippen molar-refractivity contribution in [2.24, 2.45) is 5.92 Å². The Morgan fingerprint density at radius 1 is 1.06 bits per heavy atom. The highest BCUT2D eigenvalue weighted by Gasteiger charge is 2.33. The molecule has 0 radical (unpaired) electrons. The fraction of sp³-hybridized carbons (Fsp3) is 0.462. The lowest BCUT2D eigenvalue weighted by molar-refractivity contribution is -0.143. The number of carbonyl (C=O) groups excluding carboxylic acids is 2. The number of rotatable bonds is 9. The van der Waals surface area contributed by atoms with Gasteiger partial charge in [-0.05, 0) is 68.2 Å². The second-order valence-corrected chi connectivity index (χ2v) is 8.35. The van der Waals surface area contributed by atoms with Gasteiger partial charge < -0.3 is 14.8 Å². The Kier molecular flexibility index (Phi) is 9.08. The quantitative estimate of drug-likeness (QED) is 0.504. The lowest BCUT2D eigenvalue weighted by Crippen LogP contribution is -2.42. The van der Waals surface area contributed by atoms with Crippen LogP contribution in [0.4, 0.5) is 9.18 Å². The number of hydrogen-bond donors (Lipinski definition) is 1. The molecule has 1 aliphatic rings. The topological polar surface area (TPSA) is 64.6 Å². The van der Waals surface area contributed by atoms with Gasteiger partial charge in [-0.2, -0.15) is 0 Å². The number of esters is 1. The van der Waals surface area contributed by atoms with Gasteiger partial charge in [0.05, 0.1) is 6.61 Å². The van der Waals surface area contributed by atoms with Gasteiger partial charge in [0.1, 0.15) is 12.4 Å². The first-order valence-corrected chi connectivity index (χ1v) is 11.4. The molecule has 0 spiro atoms. The van der Waals surface area contributed by atoms with Crippen LogP contribution in [0, 0.1) is 11.7 Å². The molecule has 1 unspecified atom stereocenters. The van der Waals surface area contributed by atoms with Crippen molar-refractivity contribution in [1.29, 1.82) is 0 Å². The fourth-order valence-corrected chi connectivity index (χ4v) is 4.48. The van der Waals surface area contributed by atoms with Crippen LogP contribution in [-0.2, 0) is 20.9 Å². The first kappa shape index (κ1) is 23.8. The summed E-state index contributed by atoms with van der Waals surface area (Å²) in [5.74, 6) is -0.0320. The van der Waals surface area contributed by atoms with Gasteiger partial charge >= 0.3 is 12.1 Å². The zero-order valence-corrected chi connectivity index (χ0v) is 18.6. The van der Waals surface area contributed by atoms with Crippen LogP contribution in [-0.4, -0.2) is 24.7 Å². The maximum Gasteiger partial charge on any atom is 0.407 e. The lowest BCUT2D eigenvalue weighted by Gasteiger charge is -2.37. The van der Waals surface area contributed by atoms with E-state index in [-0.39, 0.29) is 30.4 Å². The monoisotopic (exact) mass is 441 g/mol. The highest BCUT2D eigenvalue weighted by Crippen LogP contribution is 2.39. The molecule has 0 heterocycles. The smallest absolute Gasteiger partial charge is 0.407 e. The van der Waals surface area contributed by atoms with Crippen molar-refractivity contribution >= 4 is 12.1 Å². The minimum atomic E-state index is -0.457. The van der Waals surface area contributed by atoms with Crippen molar-refractivity contribution in [2.45, 2.75) is 64.0 Å². The van der Waals surface area contributed by atoms with E-state index in [9.17, 15) is 14.0 Å². The molecule has 5 nitrogen and oxygen atoms in total. The van der Waals surface area contributed by atoms with Crippen molar-refractivity contribution in [3.05, 3.63) is 71.5 Å². The van der Waals surface area contributed by atoms with Crippen molar-refractivity contribution in [1.82, 2.24) is 5.32 Å². The summed E-state index contributed by atoms with van der Waals surface area (Å²) in [6.07, 6.45) is 4.20. The number of amides is 1. The summed E-state index contributed by atoms with van der Waals surface area (Å²) in [7, 11) is 0. The van der Waals surface area contributed by atoms with Crippen molar-refractivity contribution in [3.63, 3.8) is 0 Å². The molecule has 2 aromatic carbocycles. The van der Waals surface area contributed by atoms with Crippen molar-refractivity contribution < 1.29 is 23.5 Å². The lowest BCUT2D eigenvalue weighted by atomic mass is 9.73. The minimum absolute atomic E-state index is 0.00341. The number of nitrogens with one attached hydrogen (secondary N) is 1. The summed E-state index contributed by atoms with van der Waals surface area (Å²) in [5.41, 5.74) is 1.81. The van der Waals surface area contributed by atoms with Gasteiger partial charge in [0.15, 0.2) is 0 Å². The fourth-order valence-electron chi connectivity index (χ4n) is 4.48. The highest BCUT2D eigenvalue weighted by molar-refractivity contribution is 5.69. The Labute approximate surface area is 189 Å². The van der Waals surface area contributed by atoms with E-state index < -0.39 is 6.09 Å². The molecule has 2 aromatic rings. The molecule has 6 heteroatoms. The molecule has 0 aliphatic heterocycles. The molecule has 3 atom stereocenters. The number of ether oxygens (including phenoxy) is 2. The first-order chi connectivity index (χ1) is 15.5. The van der Waals surface area contributed by atoms with Gasteiger partial charge in [-0.25, -0.2) is 9.18 Å². The van der Waals surface area contributed by atoms with E-state index in [2.05, 4.69) is 5.32 Å². The third-order valence-corrected chi connectivity index (χ3v) is 6.05. The Hall–Kier alpha value is -2.89. The third kappa shape index (κ3) is 7.36. The predicted molar refractivity (Wildman–Crippen MR) is 121 cm³/mol. The van der Waals surface area contributed by atoms with E-state index in [4.69, 9.17) is 9.47 Å². The summed E-state index contributed by atoms with van der Waals surface area (Å²) >= 11 is 0. The van der Waals surface area contributed by atoms with Crippen molar-refractivity contribution in [3.8, 4) is 0 Å². The maximum absolute atomic E-state index is 13.9. The van der Waals surface area contributed by atoms with Gasteiger partial charge in [-0.1, -0.05) is 42.5 Å². The minimum Gasteiger partial charge on any atom is -0.466 e. The number of alkyl carbamates (subject to hydrolysis) is 1. The van der Waals surface area contributed by atoms with Crippen LogP contribution in [0.2, 0.25) is 0 Å². The molecule has 1 amide bonds. The Morgan fingerprint density at radius 3 is 2.62 bits per heavy atom. The summed E-state index contributed by atoms with van der Waals surface area (Å²) in [4.78, 5) is 24.1. The highest BCUT2D eigenvalue weighted by atomic mass is 19.1. The summed E-state index contributed by atoms with van der Waals surface area (Å²) in [5, 5.41) is 3.01. The molecule has 0 saturated heterocycles. The molecule has 0 bridgehead atoms. The van der Waals surface area contributed by atoms with Gasteiger partial charge in [0.2, 0.25) is 0 Å². The van der Waals surface area contributed by atoms with E-state index in [1.807, 2.05) is 36.4 Å². The summed E-state index contributed by atoms with van der Waals surface area (Å²) in [6.45, 7) is 2.42. The molecule has 3 rings (SSSR count). The molecule has 32 heavy (non-hydrogen) atoms. The number of halogens is 1. The largest absolute Gasteiger partial charge is 0.466 e. The van der Waals surface area contributed by atoms with Gasteiger partial charge in [0.25, 0.3) is 0 Å². The predicted octanol–water partition coefficient (Wildman–Crippen LogP) is 5.74. The Morgan fingerprint density at radius 2 is 1.88 bits per heavy atom. The van der Waals surface area contributed by atoms with Crippen LogP contribution >= 0.6 is 0 Å². The van der Waals surface area contributed by atoms with Gasteiger partial charge in [0, 0.05) is 18.4 Å². The standard InChI is InChI=1S/C26H32FNO4/c1-2-31-25(29)13-6-10-19-14-15-24(23(16-19)21-11-7-12-22(27)17-21)28-26(30)32-18-20-8-4-3-5-9-20/h3-5,7-9,11-12,17,19,23-24H,2,6,10,13-16,18H2,1H3,(H,28,30)/t19?,23-,24+/m0/s1. The molecular weight excluding hydrogens is 409 g/mol. The molecule has 1 saturated carbocycles. The summed E-state index contributed by atoms with van der Waals surface area (Å²) < 4.78 is 24.3. The zero-order chi connectivity index (χ0) is 22.8. The van der Waals surface area contributed by atoms with E-state index in [1.54, 1.807) is 19.1 Å². The zero-order valence-electron chi connectivity index (χ0n) is 18.6. The molecule has 1 N–H and O–H groups in total. The van der Waals surface area contributed by atoms with Crippen LogP contribution in [0.5, 0.6) is 0 Å². The maximum atomic E-state index is 13.9. The Balaban J connectivity index is 1.59. The Bertz CT molecular complexity index is 873. The van der Waals surface area contributed by atoms with Crippen LogP contribution in [0.3, 0.4) is 0 Å². The third-order valence-electron chi connectivity index (χ3n) is 6.05. The summed E-state index contributed by atoms with van der Waals surface area (Å²) in [6, 6.07) is 16.0.